The number of hydrogen-bond acceptors (Lipinski definition) is 1. The number of rotatable bonds is 5. The quantitative estimate of drug-likeness (QED) is 0.667. The van der Waals surface area contributed by atoms with Gasteiger partial charge in [0, 0.05) is 12.1 Å². The molecule has 0 radical (unpaired) electrons. The zero-order valence-corrected chi connectivity index (χ0v) is 8.77. The predicted molar refractivity (Wildman–Crippen MR) is 54.3 cm³/mol. The van der Waals surface area contributed by atoms with E-state index in [4.69, 9.17) is 0 Å². The van der Waals surface area contributed by atoms with Gasteiger partial charge in [-0.05, 0) is 32.1 Å². The van der Waals surface area contributed by atoms with Crippen molar-refractivity contribution in [3.63, 3.8) is 0 Å². The molecule has 1 N–H and O–H groups in total. The van der Waals surface area contributed by atoms with Crippen molar-refractivity contribution in [2.45, 2.75) is 65.0 Å². The monoisotopic (exact) mass is 169 g/mol. The summed E-state index contributed by atoms with van der Waals surface area (Å²) in [5.41, 5.74) is 0. The van der Waals surface area contributed by atoms with Crippen molar-refractivity contribution < 1.29 is 0 Å². The highest BCUT2D eigenvalue weighted by molar-refractivity contribution is 4.83. The molecule has 0 amide bonds. The van der Waals surface area contributed by atoms with E-state index in [9.17, 15) is 0 Å². The van der Waals surface area contributed by atoms with Crippen molar-refractivity contribution in [1.82, 2.24) is 5.32 Å². The average Bonchev–Trinajstić information content (AvgIpc) is 1.98. The smallest absolute Gasteiger partial charge is 0.00746 e. The molecule has 1 rings (SSSR count). The van der Waals surface area contributed by atoms with E-state index in [1.165, 1.54) is 32.1 Å². The lowest BCUT2D eigenvalue weighted by Crippen LogP contribution is -2.44. The van der Waals surface area contributed by atoms with Gasteiger partial charge in [-0.3, -0.25) is 0 Å². The van der Waals surface area contributed by atoms with Crippen molar-refractivity contribution in [3.8, 4) is 0 Å². The molecule has 0 aliphatic heterocycles. The van der Waals surface area contributed by atoms with E-state index in [0.717, 1.165) is 18.0 Å². The van der Waals surface area contributed by atoms with Gasteiger partial charge in [-0.25, -0.2) is 0 Å². The SMILES string of the molecule is CCCCC(C)NC1CC(C)C1. The Morgan fingerprint density at radius 2 is 2.08 bits per heavy atom. The molecule has 1 heteroatoms. The summed E-state index contributed by atoms with van der Waals surface area (Å²) in [7, 11) is 0. The standard InChI is InChI=1S/C11H23N/c1-4-5-6-10(3)12-11-7-9(2)8-11/h9-12H,4-8H2,1-3H3. The molecule has 1 saturated carbocycles. The minimum Gasteiger partial charge on any atom is -0.311 e. The van der Waals surface area contributed by atoms with Crippen LogP contribution < -0.4 is 5.32 Å². The molecule has 1 nitrogen and oxygen atoms in total. The van der Waals surface area contributed by atoms with Gasteiger partial charge in [0.15, 0.2) is 0 Å². The average molecular weight is 169 g/mol. The second kappa shape index (κ2) is 4.86. The summed E-state index contributed by atoms with van der Waals surface area (Å²) < 4.78 is 0. The first-order valence-corrected chi connectivity index (χ1v) is 5.48. The van der Waals surface area contributed by atoms with Crippen LogP contribution in [-0.4, -0.2) is 12.1 Å². The third kappa shape index (κ3) is 3.14. The fourth-order valence-corrected chi connectivity index (χ4v) is 2.03. The molecule has 0 spiro atoms. The molecule has 1 aliphatic carbocycles. The molecular weight excluding hydrogens is 146 g/mol. The number of nitrogens with one attached hydrogen (secondary N) is 1. The van der Waals surface area contributed by atoms with E-state index >= 15 is 0 Å². The first-order valence-electron chi connectivity index (χ1n) is 5.48. The third-order valence-electron chi connectivity index (χ3n) is 2.88. The van der Waals surface area contributed by atoms with Crippen LogP contribution in [-0.2, 0) is 0 Å². The molecular formula is C11H23N. The Labute approximate surface area is 76.9 Å². The molecule has 0 bridgehead atoms. The maximum Gasteiger partial charge on any atom is 0.00746 e. The molecule has 0 heterocycles. The van der Waals surface area contributed by atoms with Crippen LogP contribution in [0.1, 0.15) is 52.9 Å². The highest BCUT2D eigenvalue weighted by Gasteiger charge is 2.25. The van der Waals surface area contributed by atoms with Crippen LogP contribution in [0.5, 0.6) is 0 Å². The fraction of sp³-hybridized carbons (Fsp3) is 1.00. The second-order valence-corrected chi connectivity index (χ2v) is 4.48. The van der Waals surface area contributed by atoms with Crippen molar-refractivity contribution in [1.29, 1.82) is 0 Å². The maximum atomic E-state index is 3.68. The second-order valence-electron chi connectivity index (χ2n) is 4.48. The van der Waals surface area contributed by atoms with E-state index in [1.54, 1.807) is 0 Å². The summed E-state index contributed by atoms with van der Waals surface area (Å²) in [6.45, 7) is 6.92. The Morgan fingerprint density at radius 3 is 2.58 bits per heavy atom. The van der Waals surface area contributed by atoms with Gasteiger partial charge in [0.25, 0.3) is 0 Å². The van der Waals surface area contributed by atoms with Gasteiger partial charge in [-0.2, -0.15) is 0 Å². The molecule has 72 valence electrons. The molecule has 1 fully saturated rings. The zero-order chi connectivity index (χ0) is 8.97. The first-order chi connectivity index (χ1) is 5.72. The molecule has 1 unspecified atom stereocenters. The van der Waals surface area contributed by atoms with Crippen LogP contribution >= 0.6 is 0 Å². The summed E-state index contributed by atoms with van der Waals surface area (Å²) in [5.74, 6) is 0.973. The Hall–Kier alpha value is -0.0400. The maximum absolute atomic E-state index is 3.68. The van der Waals surface area contributed by atoms with Crippen molar-refractivity contribution >= 4 is 0 Å². The van der Waals surface area contributed by atoms with Crippen LogP contribution in [0.25, 0.3) is 0 Å². The number of unbranched alkanes of at least 4 members (excludes halogenated alkanes) is 1. The van der Waals surface area contributed by atoms with Gasteiger partial charge < -0.3 is 5.32 Å². The lowest BCUT2D eigenvalue weighted by Gasteiger charge is -2.35. The fourth-order valence-electron chi connectivity index (χ4n) is 2.03. The minimum absolute atomic E-state index is 0.738. The highest BCUT2D eigenvalue weighted by Crippen LogP contribution is 2.26. The molecule has 0 aromatic carbocycles. The van der Waals surface area contributed by atoms with Gasteiger partial charge in [0.05, 0.1) is 0 Å². The lowest BCUT2D eigenvalue weighted by molar-refractivity contribution is 0.222. The first kappa shape index (κ1) is 10.0. The third-order valence-corrected chi connectivity index (χ3v) is 2.88. The van der Waals surface area contributed by atoms with Crippen molar-refractivity contribution in [2.24, 2.45) is 5.92 Å². The van der Waals surface area contributed by atoms with Crippen LogP contribution in [0.15, 0.2) is 0 Å². The lowest BCUT2D eigenvalue weighted by atomic mass is 9.81. The van der Waals surface area contributed by atoms with Crippen LogP contribution in [0.4, 0.5) is 0 Å². The summed E-state index contributed by atoms with van der Waals surface area (Å²) in [6.07, 6.45) is 6.85. The van der Waals surface area contributed by atoms with Gasteiger partial charge in [-0.1, -0.05) is 26.7 Å². The molecule has 1 aliphatic rings. The van der Waals surface area contributed by atoms with Gasteiger partial charge in [0.2, 0.25) is 0 Å². The normalized spacial score (nSPS) is 31.2. The predicted octanol–water partition coefficient (Wildman–Crippen LogP) is 2.95. The van der Waals surface area contributed by atoms with Gasteiger partial charge >= 0.3 is 0 Å². The van der Waals surface area contributed by atoms with Crippen LogP contribution in [0.2, 0.25) is 0 Å². The summed E-state index contributed by atoms with van der Waals surface area (Å²) in [5, 5.41) is 3.68. The summed E-state index contributed by atoms with van der Waals surface area (Å²) in [4.78, 5) is 0. The molecule has 12 heavy (non-hydrogen) atoms. The Bertz CT molecular complexity index is 116. The van der Waals surface area contributed by atoms with E-state index in [2.05, 4.69) is 26.1 Å². The zero-order valence-electron chi connectivity index (χ0n) is 8.77. The van der Waals surface area contributed by atoms with Crippen molar-refractivity contribution in [3.05, 3.63) is 0 Å². The number of hydrogen-bond donors (Lipinski definition) is 1. The molecule has 0 saturated heterocycles. The van der Waals surface area contributed by atoms with Crippen LogP contribution in [0, 0.1) is 5.92 Å². The Balaban J connectivity index is 1.98. The minimum atomic E-state index is 0.738. The largest absolute Gasteiger partial charge is 0.311 e. The molecule has 0 aromatic heterocycles. The highest BCUT2D eigenvalue weighted by atomic mass is 15.0. The van der Waals surface area contributed by atoms with E-state index < -0.39 is 0 Å². The topological polar surface area (TPSA) is 12.0 Å². The molecule has 0 aromatic rings. The van der Waals surface area contributed by atoms with E-state index in [1.807, 2.05) is 0 Å². The summed E-state index contributed by atoms with van der Waals surface area (Å²) in [6, 6.07) is 1.58. The Morgan fingerprint density at radius 1 is 1.42 bits per heavy atom. The van der Waals surface area contributed by atoms with E-state index in [0.29, 0.717) is 0 Å². The Kier molecular flexibility index (Phi) is 4.07. The van der Waals surface area contributed by atoms with Gasteiger partial charge in [0.1, 0.15) is 0 Å². The summed E-state index contributed by atoms with van der Waals surface area (Å²) >= 11 is 0. The van der Waals surface area contributed by atoms with Crippen LogP contribution in [0.3, 0.4) is 0 Å². The van der Waals surface area contributed by atoms with Gasteiger partial charge in [-0.15, -0.1) is 0 Å². The molecule has 1 atom stereocenters. The van der Waals surface area contributed by atoms with Crippen molar-refractivity contribution in [2.75, 3.05) is 0 Å². The van der Waals surface area contributed by atoms with E-state index in [-0.39, 0.29) is 0 Å².